The second kappa shape index (κ2) is 9.80. The number of carbonyl (C=O) groups is 1. The smallest absolute Gasteiger partial charge is 0.252 e. The molecule has 0 saturated heterocycles. The van der Waals surface area contributed by atoms with Crippen LogP contribution in [-0.4, -0.2) is 44.9 Å². The summed E-state index contributed by atoms with van der Waals surface area (Å²) in [7, 11) is -1.95. The van der Waals surface area contributed by atoms with Gasteiger partial charge in [0.05, 0.1) is 6.61 Å². The molecule has 1 N–H and O–H groups in total. The monoisotopic (exact) mass is 452 g/mol. The highest BCUT2D eigenvalue weighted by Gasteiger charge is 2.23. The van der Waals surface area contributed by atoms with Gasteiger partial charge in [0.1, 0.15) is 21.8 Å². The molecule has 9 heteroatoms. The molecule has 0 saturated carbocycles. The SMILES string of the molecule is CCOc1cc2c(cc1CNC(=O)CCCN(C)S(=O)(=O)c1cccs1)OC(C)C2. The Kier molecular flexibility index (Phi) is 7.38. The molecule has 1 atom stereocenters. The fourth-order valence-electron chi connectivity index (χ4n) is 3.34. The molecule has 0 aliphatic carbocycles. The first-order chi connectivity index (χ1) is 14.3. The van der Waals surface area contributed by atoms with Gasteiger partial charge in [0.2, 0.25) is 5.91 Å². The number of fused-ring (bicyclic) bond motifs is 1. The highest BCUT2D eigenvalue weighted by Crippen LogP contribution is 2.35. The third kappa shape index (κ3) is 5.33. The zero-order valence-electron chi connectivity index (χ0n) is 17.5. The van der Waals surface area contributed by atoms with Crippen molar-refractivity contribution in [3.05, 3.63) is 40.8 Å². The van der Waals surface area contributed by atoms with Crippen molar-refractivity contribution in [2.45, 2.75) is 50.0 Å². The van der Waals surface area contributed by atoms with Gasteiger partial charge in [0.15, 0.2) is 0 Å². The number of nitrogens with zero attached hydrogens (tertiary/aromatic N) is 1. The van der Waals surface area contributed by atoms with E-state index < -0.39 is 10.0 Å². The van der Waals surface area contributed by atoms with Gasteiger partial charge in [-0.25, -0.2) is 12.7 Å². The van der Waals surface area contributed by atoms with Crippen LogP contribution in [0.5, 0.6) is 11.5 Å². The third-order valence-corrected chi connectivity index (χ3v) is 8.12. The zero-order chi connectivity index (χ0) is 21.7. The lowest BCUT2D eigenvalue weighted by Gasteiger charge is -2.16. The van der Waals surface area contributed by atoms with Crippen LogP contribution in [0.4, 0.5) is 0 Å². The van der Waals surface area contributed by atoms with E-state index in [1.165, 1.54) is 22.7 Å². The van der Waals surface area contributed by atoms with Gasteiger partial charge >= 0.3 is 0 Å². The number of hydrogen-bond donors (Lipinski definition) is 1. The average Bonchev–Trinajstić information content (AvgIpc) is 3.35. The van der Waals surface area contributed by atoms with Crippen molar-refractivity contribution in [1.29, 1.82) is 0 Å². The predicted molar refractivity (Wildman–Crippen MR) is 117 cm³/mol. The van der Waals surface area contributed by atoms with Crippen molar-refractivity contribution in [3.8, 4) is 11.5 Å². The van der Waals surface area contributed by atoms with E-state index in [0.717, 1.165) is 29.0 Å². The van der Waals surface area contributed by atoms with Crippen LogP contribution in [0.3, 0.4) is 0 Å². The number of hydrogen-bond acceptors (Lipinski definition) is 6. The molecule has 1 aliphatic heterocycles. The molecule has 2 heterocycles. The number of ether oxygens (including phenoxy) is 2. The second-order valence-electron chi connectivity index (χ2n) is 7.27. The number of carbonyl (C=O) groups excluding carboxylic acids is 1. The first kappa shape index (κ1) is 22.6. The molecule has 7 nitrogen and oxygen atoms in total. The van der Waals surface area contributed by atoms with Crippen LogP contribution >= 0.6 is 11.3 Å². The topological polar surface area (TPSA) is 84.9 Å². The summed E-state index contributed by atoms with van der Waals surface area (Å²) in [5.41, 5.74) is 1.99. The molecule has 1 aliphatic rings. The number of amides is 1. The molecule has 30 heavy (non-hydrogen) atoms. The van der Waals surface area contributed by atoms with Crippen molar-refractivity contribution in [1.82, 2.24) is 9.62 Å². The molecular formula is C21H28N2O5S2. The highest BCUT2D eigenvalue weighted by atomic mass is 32.2. The van der Waals surface area contributed by atoms with Crippen molar-refractivity contribution < 1.29 is 22.7 Å². The lowest BCUT2D eigenvalue weighted by Crippen LogP contribution is -2.29. The van der Waals surface area contributed by atoms with Gasteiger partial charge in [-0.1, -0.05) is 6.07 Å². The van der Waals surface area contributed by atoms with Crippen LogP contribution in [0.2, 0.25) is 0 Å². The Labute approximate surface area is 182 Å². The van der Waals surface area contributed by atoms with E-state index in [0.29, 0.717) is 23.8 Å². The van der Waals surface area contributed by atoms with Crippen LogP contribution in [0.15, 0.2) is 33.9 Å². The molecule has 0 bridgehead atoms. The molecule has 164 valence electrons. The standard InChI is InChI=1S/C21H28N2O5S2/c1-4-27-18-12-16-11-15(2)28-19(16)13-17(18)14-22-20(24)7-5-9-23(3)30(25,26)21-8-6-10-29-21/h6,8,10,12-13,15H,4-5,7,9,11,14H2,1-3H3,(H,22,24). The maximum absolute atomic E-state index is 12.4. The predicted octanol–water partition coefficient (Wildman–Crippen LogP) is 3.19. The third-order valence-electron chi connectivity index (χ3n) is 4.89. The van der Waals surface area contributed by atoms with Gasteiger partial charge in [-0.15, -0.1) is 11.3 Å². The maximum Gasteiger partial charge on any atom is 0.252 e. The summed E-state index contributed by atoms with van der Waals surface area (Å²) in [6.45, 7) is 5.11. The van der Waals surface area contributed by atoms with Gasteiger partial charge < -0.3 is 14.8 Å². The van der Waals surface area contributed by atoms with Crippen LogP contribution < -0.4 is 14.8 Å². The van der Waals surface area contributed by atoms with E-state index in [1.807, 2.05) is 26.0 Å². The average molecular weight is 453 g/mol. The summed E-state index contributed by atoms with van der Waals surface area (Å²) < 4.78 is 38.0. The Morgan fingerprint density at radius 2 is 2.20 bits per heavy atom. The zero-order valence-corrected chi connectivity index (χ0v) is 19.1. The van der Waals surface area contributed by atoms with Crippen molar-refractivity contribution >= 4 is 27.3 Å². The van der Waals surface area contributed by atoms with E-state index in [1.54, 1.807) is 17.5 Å². The van der Waals surface area contributed by atoms with Gasteiger partial charge in [-0.3, -0.25) is 4.79 Å². The normalized spacial score (nSPS) is 15.7. The number of nitrogens with one attached hydrogen (secondary N) is 1. The molecule has 0 fully saturated rings. The van der Waals surface area contributed by atoms with E-state index in [4.69, 9.17) is 9.47 Å². The van der Waals surface area contributed by atoms with Crippen molar-refractivity contribution in [2.75, 3.05) is 20.2 Å². The molecule has 0 spiro atoms. The molecule has 1 aromatic heterocycles. The van der Waals surface area contributed by atoms with Crippen LogP contribution in [0.25, 0.3) is 0 Å². The molecule has 2 aromatic rings. The summed E-state index contributed by atoms with van der Waals surface area (Å²) in [6, 6.07) is 7.22. The largest absolute Gasteiger partial charge is 0.494 e. The Hall–Kier alpha value is -2.10. The van der Waals surface area contributed by atoms with E-state index >= 15 is 0 Å². The number of benzene rings is 1. The Bertz CT molecular complexity index is 974. The maximum atomic E-state index is 12.4. The molecule has 1 aromatic carbocycles. The fraction of sp³-hybridized carbons (Fsp3) is 0.476. The lowest BCUT2D eigenvalue weighted by molar-refractivity contribution is -0.121. The van der Waals surface area contributed by atoms with Gasteiger partial charge in [0, 0.05) is 44.1 Å². The number of sulfonamides is 1. The van der Waals surface area contributed by atoms with E-state index in [-0.39, 0.29) is 25.0 Å². The van der Waals surface area contributed by atoms with E-state index in [9.17, 15) is 13.2 Å². The minimum absolute atomic E-state index is 0.130. The van der Waals surface area contributed by atoms with Gasteiger partial charge in [-0.05, 0) is 43.8 Å². The summed E-state index contributed by atoms with van der Waals surface area (Å²) in [5.74, 6) is 1.47. The van der Waals surface area contributed by atoms with Crippen molar-refractivity contribution in [3.63, 3.8) is 0 Å². The number of thiophene rings is 1. The summed E-state index contributed by atoms with van der Waals surface area (Å²) in [6.07, 6.45) is 1.68. The molecule has 3 rings (SSSR count). The van der Waals surface area contributed by atoms with Crippen molar-refractivity contribution in [2.24, 2.45) is 0 Å². The minimum Gasteiger partial charge on any atom is -0.494 e. The van der Waals surface area contributed by atoms with Crippen LogP contribution in [0, 0.1) is 0 Å². The highest BCUT2D eigenvalue weighted by molar-refractivity contribution is 7.91. The Morgan fingerprint density at radius 1 is 1.40 bits per heavy atom. The molecule has 1 amide bonds. The minimum atomic E-state index is -3.48. The summed E-state index contributed by atoms with van der Waals surface area (Å²) >= 11 is 1.19. The Balaban J connectivity index is 1.51. The van der Waals surface area contributed by atoms with Crippen LogP contribution in [0.1, 0.15) is 37.8 Å². The first-order valence-corrected chi connectivity index (χ1v) is 12.3. The fourth-order valence-corrected chi connectivity index (χ4v) is 5.75. The second-order valence-corrected chi connectivity index (χ2v) is 10.5. The Morgan fingerprint density at radius 3 is 2.90 bits per heavy atom. The summed E-state index contributed by atoms with van der Waals surface area (Å²) in [5, 5.41) is 4.63. The van der Waals surface area contributed by atoms with Gasteiger partial charge in [0.25, 0.3) is 10.0 Å². The quantitative estimate of drug-likeness (QED) is 0.598. The lowest BCUT2D eigenvalue weighted by atomic mass is 10.1. The molecule has 0 radical (unpaired) electrons. The van der Waals surface area contributed by atoms with Gasteiger partial charge in [-0.2, -0.15) is 0 Å². The molecule has 1 unspecified atom stereocenters. The van der Waals surface area contributed by atoms with Crippen LogP contribution in [-0.2, 0) is 27.8 Å². The first-order valence-electron chi connectivity index (χ1n) is 10.0. The number of rotatable bonds is 10. The molecular weight excluding hydrogens is 424 g/mol. The summed E-state index contributed by atoms with van der Waals surface area (Å²) in [4.78, 5) is 12.3. The van der Waals surface area contributed by atoms with E-state index in [2.05, 4.69) is 5.32 Å².